The van der Waals surface area contributed by atoms with E-state index in [-0.39, 0.29) is 12.5 Å². The highest BCUT2D eigenvalue weighted by molar-refractivity contribution is 7.16. The van der Waals surface area contributed by atoms with Crippen molar-refractivity contribution in [3.8, 4) is 17.5 Å². The number of nitriles is 1. The number of amides is 1. The topological polar surface area (TPSA) is 96.5 Å². The fourth-order valence-corrected chi connectivity index (χ4v) is 4.87. The van der Waals surface area contributed by atoms with Gasteiger partial charge in [-0.3, -0.25) is 4.79 Å². The van der Waals surface area contributed by atoms with Gasteiger partial charge >= 0.3 is 0 Å². The van der Waals surface area contributed by atoms with E-state index in [4.69, 9.17) is 0 Å². The molecule has 0 saturated heterocycles. The number of tetrazole rings is 1. The Morgan fingerprint density at radius 1 is 1.43 bits per heavy atom. The summed E-state index contributed by atoms with van der Waals surface area (Å²) in [4.78, 5) is 15.0. The first kappa shape index (κ1) is 18.3. The minimum absolute atomic E-state index is 0.0529. The molecule has 4 rings (SSSR count). The van der Waals surface area contributed by atoms with E-state index in [1.54, 1.807) is 0 Å². The number of nitrogens with one attached hydrogen (secondary N) is 1. The molecule has 7 nitrogen and oxygen atoms in total. The van der Waals surface area contributed by atoms with Crippen LogP contribution in [-0.4, -0.2) is 26.1 Å². The first-order chi connectivity index (χ1) is 13.5. The number of aromatic nitrogens is 4. The van der Waals surface area contributed by atoms with Crippen molar-refractivity contribution in [2.45, 2.75) is 39.7 Å². The molecule has 0 saturated carbocycles. The zero-order chi connectivity index (χ0) is 19.7. The molecule has 8 heteroatoms. The van der Waals surface area contributed by atoms with Crippen LogP contribution in [-0.2, 0) is 24.2 Å². The molecule has 0 aliphatic heterocycles. The number of nitrogens with zero attached hydrogens (tertiary/aromatic N) is 5. The largest absolute Gasteiger partial charge is 0.315 e. The van der Waals surface area contributed by atoms with Gasteiger partial charge in [0.05, 0.1) is 5.56 Å². The standard InChI is InChI=1S/C20H20N6OS/c1-12-7-8-15-16(10-21)20(28-17(15)9-12)22-18(27)11-26-24-19(23-25-26)14-6-4-3-5-13(14)2/h3-6,12H,7-9,11H2,1-2H3,(H,22,27)/t12-/m1/s1. The van der Waals surface area contributed by atoms with Crippen molar-refractivity contribution in [1.29, 1.82) is 5.26 Å². The molecular weight excluding hydrogens is 372 g/mol. The fraction of sp³-hybridized carbons (Fsp3) is 0.350. The van der Waals surface area contributed by atoms with E-state index in [2.05, 4.69) is 33.7 Å². The zero-order valence-corrected chi connectivity index (χ0v) is 16.6. The highest BCUT2D eigenvalue weighted by atomic mass is 32.1. The maximum atomic E-state index is 12.5. The van der Waals surface area contributed by atoms with E-state index in [0.29, 0.717) is 22.3 Å². The van der Waals surface area contributed by atoms with Crippen LogP contribution in [0.4, 0.5) is 5.00 Å². The molecule has 1 amide bonds. The van der Waals surface area contributed by atoms with Gasteiger partial charge in [-0.2, -0.15) is 10.1 Å². The Kier molecular flexibility index (Phi) is 4.92. The summed E-state index contributed by atoms with van der Waals surface area (Å²) in [5.41, 5.74) is 3.64. The first-order valence-electron chi connectivity index (χ1n) is 9.23. The van der Waals surface area contributed by atoms with Crippen molar-refractivity contribution in [3.63, 3.8) is 0 Å². The maximum absolute atomic E-state index is 12.5. The third-order valence-electron chi connectivity index (χ3n) is 5.00. The summed E-state index contributed by atoms with van der Waals surface area (Å²) in [5.74, 6) is 0.835. The van der Waals surface area contributed by atoms with Gasteiger partial charge in [0, 0.05) is 10.4 Å². The van der Waals surface area contributed by atoms with E-state index in [1.807, 2.05) is 31.2 Å². The fourth-order valence-electron chi connectivity index (χ4n) is 3.49. The molecule has 1 aliphatic carbocycles. The van der Waals surface area contributed by atoms with Gasteiger partial charge in [0.1, 0.15) is 17.6 Å². The van der Waals surface area contributed by atoms with Crippen LogP contribution in [0.5, 0.6) is 0 Å². The normalized spacial score (nSPS) is 15.7. The average Bonchev–Trinajstić information content (AvgIpc) is 3.25. The van der Waals surface area contributed by atoms with E-state index < -0.39 is 0 Å². The summed E-state index contributed by atoms with van der Waals surface area (Å²) < 4.78 is 0. The minimum atomic E-state index is -0.267. The van der Waals surface area contributed by atoms with Crippen LogP contribution < -0.4 is 5.32 Å². The number of benzene rings is 1. The van der Waals surface area contributed by atoms with Gasteiger partial charge in [0.25, 0.3) is 0 Å². The molecule has 28 heavy (non-hydrogen) atoms. The van der Waals surface area contributed by atoms with Crippen molar-refractivity contribution in [2.75, 3.05) is 5.32 Å². The molecule has 2 heterocycles. The van der Waals surface area contributed by atoms with E-state index in [9.17, 15) is 10.1 Å². The number of hydrogen-bond acceptors (Lipinski definition) is 6. The quantitative estimate of drug-likeness (QED) is 0.734. The van der Waals surface area contributed by atoms with Crippen molar-refractivity contribution >= 4 is 22.2 Å². The maximum Gasteiger partial charge on any atom is 0.248 e. The molecular formula is C20H20N6OS. The number of fused-ring (bicyclic) bond motifs is 1. The van der Waals surface area contributed by atoms with Crippen LogP contribution in [0.1, 0.15) is 34.9 Å². The second kappa shape index (κ2) is 7.52. The molecule has 1 aromatic carbocycles. The summed E-state index contributed by atoms with van der Waals surface area (Å²) in [6, 6.07) is 10.0. The lowest BCUT2D eigenvalue weighted by atomic mass is 9.89. The van der Waals surface area contributed by atoms with Crippen LogP contribution in [0.15, 0.2) is 24.3 Å². The predicted octanol–water partition coefficient (Wildman–Crippen LogP) is 3.35. The molecule has 0 bridgehead atoms. The zero-order valence-electron chi connectivity index (χ0n) is 15.8. The van der Waals surface area contributed by atoms with Crippen LogP contribution >= 0.6 is 11.3 Å². The monoisotopic (exact) mass is 392 g/mol. The van der Waals surface area contributed by atoms with Gasteiger partial charge in [-0.05, 0) is 48.4 Å². The van der Waals surface area contributed by atoms with Gasteiger partial charge in [0.2, 0.25) is 11.7 Å². The SMILES string of the molecule is Cc1ccccc1-c1nnn(CC(=O)Nc2sc3c(c2C#N)CC[C@@H](C)C3)n1. The van der Waals surface area contributed by atoms with E-state index in [0.717, 1.165) is 36.0 Å². The summed E-state index contributed by atoms with van der Waals surface area (Å²) in [5, 5.41) is 25.4. The molecule has 0 unspecified atom stereocenters. The second-order valence-electron chi connectivity index (χ2n) is 7.17. The minimum Gasteiger partial charge on any atom is -0.315 e. The second-order valence-corrected chi connectivity index (χ2v) is 8.28. The van der Waals surface area contributed by atoms with Gasteiger partial charge in [0.15, 0.2) is 0 Å². The van der Waals surface area contributed by atoms with Crippen LogP contribution in [0.3, 0.4) is 0 Å². The Hall–Kier alpha value is -3.05. The number of anilines is 1. The molecule has 1 aliphatic rings. The molecule has 0 radical (unpaired) electrons. The Bertz CT molecular complexity index is 1080. The highest BCUT2D eigenvalue weighted by Crippen LogP contribution is 2.39. The number of aryl methyl sites for hydroxylation is 1. The summed E-state index contributed by atoms with van der Waals surface area (Å²) in [6.45, 7) is 4.14. The molecule has 1 atom stereocenters. The molecule has 2 aromatic heterocycles. The lowest BCUT2D eigenvalue weighted by Crippen LogP contribution is -2.20. The molecule has 1 N–H and O–H groups in total. The number of hydrogen-bond donors (Lipinski definition) is 1. The van der Waals surface area contributed by atoms with Gasteiger partial charge < -0.3 is 5.32 Å². The van der Waals surface area contributed by atoms with Crippen molar-refractivity contribution in [2.24, 2.45) is 5.92 Å². The molecule has 3 aromatic rings. The van der Waals surface area contributed by atoms with E-state index >= 15 is 0 Å². The first-order valence-corrected chi connectivity index (χ1v) is 10.0. The van der Waals surface area contributed by atoms with Gasteiger partial charge in [-0.15, -0.1) is 21.5 Å². The summed E-state index contributed by atoms with van der Waals surface area (Å²) in [6.07, 6.45) is 2.95. The van der Waals surface area contributed by atoms with Crippen LogP contribution in [0.25, 0.3) is 11.4 Å². The number of thiophene rings is 1. The van der Waals surface area contributed by atoms with Crippen molar-refractivity contribution in [3.05, 3.63) is 45.8 Å². The molecule has 0 spiro atoms. The van der Waals surface area contributed by atoms with Crippen LogP contribution in [0, 0.1) is 24.2 Å². The highest BCUT2D eigenvalue weighted by Gasteiger charge is 2.24. The number of rotatable bonds is 4. The Labute approximate surface area is 167 Å². The predicted molar refractivity (Wildman–Crippen MR) is 107 cm³/mol. The van der Waals surface area contributed by atoms with E-state index in [1.165, 1.54) is 21.0 Å². The Balaban J connectivity index is 1.49. The number of carbonyl (C=O) groups is 1. The number of carbonyl (C=O) groups excluding carboxylic acids is 1. The Morgan fingerprint density at radius 2 is 2.25 bits per heavy atom. The molecule has 142 valence electrons. The van der Waals surface area contributed by atoms with Gasteiger partial charge in [-0.1, -0.05) is 31.2 Å². The van der Waals surface area contributed by atoms with Crippen molar-refractivity contribution < 1.29 is 4.79 Å². The summed E-state index contributed by atoms with van der Waals surface area (Å²) >= 11 is 1.51. The Morgan fingerprint density at radius 3 is 3.04 bits per heavy atom. The van der Waals surface area contributed by atoms with Gasteiger partial charge in [-0.25, -0.2) is 0 Å². The lowest BCUT2D eigenvalue weighted by molar-refractivity contribution is -0.117. The smallest absolute Gasteiger partial charge is 0.248 e. The van der Waals surface area contributed by atoms with Crippen molar-refractivity contribution in [1.82, 2.24) is 20.2 Å². The third kappa shape index (κ3) is 3.53. The lowest BCUT2D eigenvalue weighted by Gasteiger charge is -2.17. The summed E-state index contributed by atoms with van der Waals surface area (Å²) in [7, 11) is 0. The average molecular weight is 392 g/mol. The third-order valence-corrected chi connectivity index (χ3v) is 6.17. The van der Waals surface area contributed by atoms with Crippen LogP contribution in [0.2, 0.25) is 0 Å². The molecule has 0 fully saturated rings.